The third kappa shape index (κ3) is 5.94. The van der Waals surface area contributed by atoms with Crippen molar-refractivity contribution in [2.75, 3.05) is 43.7 Å². The van der Waals surface area contributed by atoms with E-state index in [2.05, 4.69) is 33.9 Å². The molecule has 6 nitrogen and oxygen atoms in total. The fourth-order valence-electron chi connectivity index (χ4n) is 3.11. The summed E-state index contributed by atoms with van der Waals surface area (Å²) in [5, 5.41) is 0. The van der Waals surface area contributed by atoms with Gasteiger partial charge in [0.25, 0.3) is 5.91 Å². The number of nitrogens with one attached hydrogen (secondary N) is 1. The number of carbonyl (C=O) groups is 1. The Labute approximate surface area is 166 Å². The smallest absolute Gasteiger partial charge is 0.253 e. The van der Waals surface area contributed by atoms with Crippen LogP contribution >= 0.6 is 0 Å². The summed E-state index contributed by atoms with van der Waals surface area (Å²) in [5.74, 6) is -0.0228. The van der Waals surface area contributed by atoms with E-state index >= 15 is 0 Å². The molecular formula is C21H25N3O3S. The molecule has 0 radical (unpaired) electrons. The summed E-state index contributed by atoms with van der Waals surface area (Å²) in [6.07, 6.45) is 5.37. The summed E-state index contributed by atoms with van der Waals surface area (Å²) in [5.41, 5.74) is 2.20. The first-order valence-electron chi connectivity index (χ1n) is 9.22. The molecule has 2 aromatic rings. The van der Waals surface area contributed by atoms with Crippen LogP contribution in [0.2, 0.25) is 0 Å². The van der Waals surface area contributed by atoms with Gasteiger partial charge in [0.1, 0.15) is 0 Å². The number of anilines is 1. The molecule has 0 atom stereocenters. The van der Waals surface area contributed by atoms with Crippen LogP contribution in [0.5, 0.6) is 0 Å². The van der Waals surface area contributed by atoms with Crippen LogP contribution in [-0.2, 0) is 10.0 Å². The van der Waals surface area contributed by atoms with Crippen molar-refractivity contribution in [2.24, 2.45) is 0 Å². The highest BCUT2D eigenvalue weighted by molar-refractivity contribution is 7.92. The standard InChI is InChI=1S/C21H25N3O3S/c1-28(26,27)22-20-11-9-19(10-12-20)21(25)24-16-14-23(15-17-24)13-5-8-18-6-3-2-4-7-18/h2-12,22H,13-17H2,1H3/b8-5+. The van der Waals surface area contributed by atoms with Crippen molar-refractivity contribution in [1.29, 1.82) is 0 Å². The molecule has 7 heteroatoms. The Bertz CT molecular complexity index is 917. The monoisotopic (exact) mass is 399 g/mol. The predicted molar refractivity (Wildman–Crippen MR) is 113 cm³/mol. The molecule has 0 aliphatic carbocycles. The second kappa shape index (κ2) is 9.03. The van der Waals surface area contributed by atoms with Crippen molar-refractivity contribution < 1.29 is 13.2 Å². The first kappa shape index (κ1) is 20.1. The number of amides is 1. The summed E-state index contributed by atoms with van der Waals surface area (Å²) in [6, 6.07) is 16.7. The topological polar surface area (TPSA) is 69.7 Å². The summed E-state index contributed by atoms with van der Waals surface area (Å²) >= 11 is 0. The maximum absolute atomic E-state index is 12.7. The lowest BCUT2D eigenvalue weighted by molar-refractivity contribution is 0.0650. The van der Waals surface area contributed by atoms with Gasteiger partial charge in [0.2, 0.25) is 10.0 Å². The average Bonchev–Trinajstić information content (AvgIpc) is 2.68. The Balaban J connectivity index is 1.49. The predicted octanol–water partition coefficient (Wildman–Crippen LogP) is 2.53. The Morgan fingerprint density at radius 3 is 2.25 bits per heavy atom. The SMILES string of the molecule is CS(=O)(=O)Nc1ccc(C(=O)N2CCN(C/C=C/c3ccccc3)CC2)cc1. The maximum Gasteiger partial charge on any atom is 0.253 e. The van der Waals surface area contributed by atoms with E-state index in [1.54, 1.807) is 24.3 Å². The zero-order chi connectivity index (χ0) is 20.0. The van der Waals surface area contributed by atoms with Gasteiger partial charge in [-0.1, -0.05) is 42.5 Å². The number of benzene rings is 2. The molecule has 0 saturated carbocycles. The molecule has 2 aromatic carbocycles. The van der Waals surface area contributed by atoms with Crippen LogP contribution in [0.15, 0.2) is 60.7 Å². The quantitative estimate of drug-likeness (QED) is 0.810. The third-order valence-electron chi connectivity index (χ3n) is 4.57. The van der Waals surface area contributed by atoms with Gasteiger partial charge >= 0.3 is 0 Å². The lowest BCUT2D eigenvalue weighted by Crippen LogP contribution is -2.48. The van der Waals surface area contributed by atoms with Crippen molar-refractivity contribution in [3.05, 3.63) is 71.8 Å². The van der Waals surface area contributed by atoms with Gasteiger partial charge in [-0.15, -0.1) is 0 Å². The molecule has 1 aliphatic rings. The molecule has 28 heavy (non-hydrogen) atoms. The summed E-state index contributed by atoms with van der Waals surface area (Å²) in [7, 11) is -3.32. The molecule has 148 valence electrons. The minimum atomic E-state index is -3.32. The van der Waals surface area contributed by atoms with Crippen LogP contribution in [0.1, 0.15) is 15.9 Å². The summed E-state index contributed by atoms with van der Waals surface area (Å²) in [4.78, 5) is 16.8. The lowest BCUT2D eigenvalue weighted by atomic mass is 10.1. The lowest BCUT2D eigenvalue weighted by Gasteiger charge is -2.34. The zero-order valence-electron chi connectivity index (χ0n) is 15.9. The molecule has 0 unspecified atom stereocenters. The van der Waals surface area contributed by atoms with Crippen LogP contribution < -0.4 is 4.72 Å². The molecule has 0 aromatic heterocycles. The van der Waals surface area contributed by atoms with E-state index in [1.807, 2.05) is 23.1 Å². The van der Waals surface area contributed by atoms with Gasteiger partial charge in [-0.05, 0) is 29.8 Å². The van der Waals surface area contributed by atoms with Gasteiger partial charge in [0.15, 0.2) is 0 Å². The van der Waals surface area contributed by atoms with Crippen molar-refractivity contribution in [1.82, 2.24) is 9.80 Å². The Hall–Kier alpha value is -2.64. The molecule has 1 N–H and O–H groups in total. The molecule has 1 fully saturated rings. The number of rotatable bonds is 6. The van der Waals surface area contributed by atoms with Crippen LogP contribution in [0.25, 0.3) is 6.08 Å². The van der Waals surface area contributed by atoms with Gasteiger partial charge in [-0.25, -0.2) is 8.42 Å². The highest BCUT2D eigenvalue weighted by Crippen LogP contribution is 2.14. The second-order valence-electron chi connectivity index (χ2n) is 6.86. The molecule has 0 bridgehead atoms. The van der Waals surface area contributed by atoms with Crippen LogP contribution in [0, 0.1) is 0 Å². The van der Waals surface area contributed by atoms with Gasteiger partial charge in [-0.2, -0.15) is 0 Å². The third-order valence-corrected chi connectivity index (χ3v) is 5.17. The Morgan fingerprint density at radius 2 is 1.64 bits per heavy atom. The molecular weight excluding hydrogens is 374 g/mol. The van der Waals surface area contributed by atoms with Gasteiger partial charge < -0.3 is 4.90 Å². The number of hydrogen-bond donors (Lipinski definition) is 1. The van der Waals surface area contributed by atoms with Gasteiger partial charge in [0, 0.05) is 44.0 Å². The zero-order valence-corrected chi connectivity index (χ0v) is 16.7. The molecule has 1 amide bonds. The Morgan fingerprint density at radius 1 is 1.00 bits per heavy atom. The minimum absolute atomic E-state index is 0.0228. The fourth-order valence-corrected chi connectivity index (χ4v) is 3.68. The highest BCUT2D eigenvalue weighted by Gasteiger charge is 2.21. The fraction of sp³-hybridized carbons (Fsp3) is 0.286. The first-order valence-corrected chi connectivity index (χ1v) is 11.1. The number of hydrogen-bond acceptors (Lipinski definition) is 4. The van der Waals surface area contributed by atoms with E-state index < -0.39 is 10.0 Å². The normalized spacial score (nSPS) is 15.7. The van der Waals surface area contributed by atoms with Crippen molar-refractivity contribution >= 4 is 27.7 Å². The average molecular weight is 400 g/mol. The number of nitrogens with zero attached hydrogens (tertiary/aromatic N) is 2. The summed E-state index contributed by atoms with van der Waals surface area (Å²) < 4.78 is 24.9. The van der Waals surface area contributed by atoms with E-state index in [-0.39, 0.29) is 5.91 Å². The van der Waals surface area contributed by atoms with Gasteiger partial charge in [0.05, 0.1) is 6.26 Å². The number of sulfonamides is 1. The first-order chi connectivity index (χ1) is 13.4. The molecule has 1 heterocycles. The molecule has 1 aliphatic heterocycles. The van der Waals surface area contributed by atoms with Crippen molar-refractivity contribution in [2.45, 2.75) is 0 Å². The van der Waals surface area contributed by atoms with Crippen molar-refractivity contribution in [3.63, 3.8) is 0 Å². The van der Waals surface area contributed by atoms with E-state index in [0.29, 0.717) is 24.3 Å². The largest absolute Gasteiger partial charge is 0.336 e. The molecule has 3 rings (SSSR count). The highest BCUT2D eigenvalue weighted by atomic mass is 32.2. The molecule has 1 saturated heterocycles. The second-order valence-corrected chi connectivity index (χ2v) is 8.61. The Kier molecular flexibility index (Phi) is 6.49. The number of carbonyl (C=O) groups excluding carboxylic acids is 1. The van der Waals surface area contributed by atoms with E-state index in [1.165, 1.54) is 5.56 Å². The minimum Gasteiger partial charge on any atom is -0.336 e. The van der Waals surface area contributed by atoms with Crippen LogP contribution in [-0.4, -0.2) is 63.1 Å². The maximum atomic E-state index is 12.7. The summed E-state index contributed by atoms with van der Waals surface area (Å²) in [6.45, 7) is 3.89. The van der Waals surface area contributed by atoms with Crippen LogP contribution in [0.3, 0.4) is 0 Å². The van der Waals surface area contributed by atoms with Crippen molar-refractivity contribution in [3.8, 4) is 0 Å². The number of piperazine rings is 1. The van der Waals surface area contributed by atoms with E-state index in [4.69, 9.17) is 0 Å². The van der Waals surface area contributed by atoms with Gasteiger partial charge in [-0.3, -0.25) is 14.4 Å². The van der Waals surface area contributed by atoms with E-state index in [9.17, 15) is 13.2 Å². The molecule has 0 spiro atoms. The van der Waals surface area contributed by atoms with E-state index in [0.717, 1.165) is 25.9 Å². The van der Waals surface area contributed by atoms with Crippen LogP contribution in [0.4, 0.5) is 5.69 Å².